The van der Waals surface area contributed by atoms with Crippen molar-refractivity contribution in [1.29, 1.82) is 0 Å². The number of nitrogen functional groups attached to an aromatic ring is 1. The van der Waals surface area contributed by atoms with E-state index >= 15 is 0 Å². The van der Waals surface area contributed by atoms with Gasteiger partial charge in [0.1, 0.15) is 0 Å². The van der Waals surface area contributed by atoms with Crippen molar-refractivity contribution in [2.45, 2.75) is 0 Å². The van der Waals surface area contributed by atoms with E-state index in [-0.39, 0.29) is 5.95 Å². The summed E-state index contributed by atoms with van der Waals surface area (Å²) in [5.74, 6) is 0.833. The third-order valence-electron chi connectivity index (χ3n) is 2.09. The largest absolute Gasteiger partial charge is 0.368 e. The highest BCUT2D eigenvalue weighted by Crippen LogP contribution is 2.08. The van der Waals surface area contributed by atoms with E-state index in [9.17, 15) is 0 Å². The van der Waals surface area contributed by atoms with Crippen LogP contribution in [0.1, 0.15) is 0 Å². The van der Waals surface area contributed by atoms with Crippen LogP contribution in [0.3, 0.4) is 0 Å². The Bertz CT molecular complexity index is 674. The third kappa shape index (κ3) is 2.03. The lowest BCUT2D eigenvalue weighted by Crippen LogP contribution is -2.11. The minimum Gasteiger partial charge on any atom is -0.368 e. The normalized spacial score (nSPS) is 10.7. The van der Waals surface area contributed by atoms with Crippen LogP contribution in [0.25, 0.3) is 11.9 Å². The van der Waals surface area contributed by atoms with Crippen molar-refractivity contribution >= 4 is 28.5 Å². The number of anilines is 1. The van der Waals surface area contributed by atoms with E-state index in [0.29, 0.717) is 11.9 Å². The zero-order valence-corrected chi connectivity index (χ0v) is 11.1. The quantitative estimate of drug-likeness (QED) is 0.670. The lowest BCUT2D eigenvalue weighted by molar-refractivity contribution is 0.748. The molecule has 9 heteroatoms. The Morgan fingerprint density at radius 1 is 1.06 bits per heavy atom. The number of rotatable bonds is 2. The summed E-state index contributed by atoms with van der Waals surface area (Å²) in [6.07, 6.45) is 6.86. The lowest BCUT2D eigenvalue weighted by Gasteiger charge is -2.03. The van der Waals surface area contributed by atoms with Crippen molar-refractivity contribution in [2.75, 3.05) is 5.73 Å². The second-order valence-electron chi connectivity index (χ2n) is 3.35. The van der Waals surface area contributed by atoms with Gasteiger partial charge in [0.2, 0.25) is 5.95 Å². The van der Waals surface area contributed by atoms with Crippen LogP contribution in [0.15, 0.2) is 30.9 Å². The first-order valence-electron chi connectivity index (χ1n) is 4.94. The Morgan fingerprint density at radius 3 is 2.44 bits per heavy atom. The van der Waals surface area contributed by atoms with Crippen LogP contribution in [0, 0.1) is 3.57 Å². The molecule has 0 spiro atoms. The Hall–Kier alpha value is -2.04. The Kier molecular flexibility index (Phi) is 2.66. The molecule has 0 saturated heterocycles. The maximum atomic E-state index is 5.66. The summed E-state index contributed by atoms with van der Waals surface area (Å²) in [7, 11) is 0. The number of nitrogens with zero attached hydrogens (tertiary/aromatic N) is 7. The topological polar surface area (TPSA) is 100 Å². The molecule has 0 unspecified atom stereocenters. The number of hydrogen-bond acceptors (Lipinski definition) is 6. The van der Waals surface area contributed by atoms with Crippen LogP contribution in [0.2, 0.25) is 0 Å². The summed E-state index contributed by atoms with van der Waals surface area (Å²) in [4.78, 5) is 12.3. The summed E-state index contributed by atoms with van der Waals surface area (Å²) in [5.41, 5.74) is 5.66. The van der Waals surface area contributed by atoms with E-state index in [0.717, 1.165) is 3.57 Å². The van der Waals surface area contributed by atoms with Crippen molar-refractivity contribution < 1.29 is 0 Å². The predicted molar refractivity (Wildman–Crippen MR) is 71.2 cm³/mol. The van der Waals surface area contributed by atoms with Crippen LogP contribution in [0.4, 0.5) is 5.95 Å². The minimum atomic E-state index is 0.121. The van der Waals surface area contributed by atoms with Crippen LogP contribution in [0.5, 0.6) is 0 Å². The number of aromatic nitrogens is 7. The zero-order chi connectivity index (χ0) is 12.5. The van der Waals surface area contributed by atoms with E-state index in [1.807, 2.05) is 0 Å². The third-order valence-corrected chi connectivity index (χ3v) is 2.65. The van der Waals surface area contributed by atoms with Gasteiger partial charge in [0.05, 0.1) is 9.77 Å². The molecule has 3 aromatic rings. The number of nitrogens with two attached hydrogens (primary N) is 1. The standard InChI is InChI=1S/C9H7IN8/c10-6-4-13-18(5-6)9-15-7(11)14-8(16-9)17-3-1-2-12-17/h1-5H,(H2,11,14,15,16). The van der Waals surface area contributed by atoms with Gasteiger partial charge in [0.15, 0.2) is 0 Å². The van der Waals surface area contributed by atoms with Gasteiger partial charge in [-0.25, -0.2) is 9.36 Å². The molecule has 0 fully saturated rings. The maximum Gasteiger partial charge on any atom is 0.257 e. The van der Waals surface area contributed by atoms with Gasteiger partial charge in [-0.15, -0.1) is 0 Å². The highest BCUT2D eigenvalue weighted by molar-refractivity contribution is 14.1. The summed E-state index contributed by atoms with van der Waals surface area (Å²) in [5, 5.41) is 8.17. The molecule has 0 saturated carbocycles. The highest BCUT2D eigenvalue weighted by atomic mass is 127. The Morgan fingerprint density at radius 2 is 1.83 bits per heavy atom. The first-order valence-corrected chi connectivity index (χ1v) is 6.02. The fourth-order valence-corrected chi connectivity index (χ4v) is 1.76. The first kappa shape index (κ1) is 11.1. The number of halogens is 1. The van der Waals surface area contributed by atoms with Gasteiger partial charge < -0.3 is 5.73 Å². The average molecular weight is 354 g/mol. The van der Waals surface area contributed by atoms with Gasteiger partial charge in [-0.3, -0.25) is 0 Å². The molecule has 0 amide bonds. The summed E-state index contributed by atoms with van der Waals surface area (Å²) < 4.78 is 4.02. The van der Waals surface area contributed by atoms with Crippen molar-refractivity contribution in [3.05, 3.63) is 34.4 Å². The molecule has 0 atom stereocenters. The smallest absolute Gasteiger partial charge is 0.257 e. The second kappa shape index (κ2) is 4.33. The van der Waals surface area contributed by atoms with Crippen molar-refractivity contribution in [3.8, 4) is 11.9 Å². The molecule has 0 bridgehead atoms. The van der Waals surface area contributed by atoms with Crippen molar-refractivity contribution in [1.82, 2.24) is 34.5 Å². The molecular weight excluding hydrogens is 347 g/mol. The van der Waals surface area contributed by atoms with E-state index in [1.54, 1.807) is 30.9 Å². The van der Waals surface area contributed by atoms with Gasteiger partial charge >= 0.3 is 0 Å². The SMILES string of the molecule is Nc1nc(-n2cccn2)nc(-n2cc(I)cn2)n1. The molecule has 0 aliphatic rings. The van der Waals surface area contributed by atoms with Crippen LogP contribution in [-0.2, 0) is 0 Å². The molecule has 2 N–H and O–H groups in total. The van der Waals surface area contributed by atoms with Crippen LogP contribution >= 0.6 is 22.6 Å². The van der Waals surface area contributed by atoms with Gasteiger partial charge in [-0.1, -0.05) is 0 Å². The molecule has 3 heterocycles. The number of hydrogen-bond donors (Lipinski definition) is 1. The fraction of sp³-hybridized carbons (Fsp3) is 0. The molecule has 0 aromatic carbocycles. The summed E-state index contributed by atoms with van der Waals surface area (Å²) in [6, 6.07) is 1.77. The highest BCUT2D eigenvalue weighted by Gasteiger charge is 2.09. The van der Waals surface area contributed by atoms with Crippen molar-refractivity contribution in [2.24, 2.45) is 0 Å². The molecule has 3 aromatic heterocycles. The molecule has 0 radical (unpaired) electrons. The first-order chi connectivity index (χ1) is 8.72. The molecule has 3 rings (SSSR count). The van der Waals surface area contributed by atoms with E-state index in [4.69, 9.17) is 5.73 Å². The van der Waals surface area contributed by atoms with E-state index < -0.39 is 0 Å². The van der Waals surface area contributed by atoms with Crippen LogP contribution in [-0.4, -0.2) is 34.5 Å². The Balaban J connectivity index is 2.11. The zero-order valence-electron chi connectivity index (χ0n) is 8.97. The van der Waals surface area contributed by atoms with Crippen LogP contribution < -0.4 is 5.73 Å². The molecule has 90 valence electrons. The summed E-state index contributed by atoms with van der Waals surface area (Å²) in [6.45, 7) is 0. The van der Waals surface area contributed by atoms with E-state index in [1.165, 1.54) is 9.36 Å². The van der Waals surface area contributed by atoms with Gasteiger partial charge in [0, 0.05) is 18.6 Å². The van der Waals surface area contributed by atoms with Gasteiger partial charge in [-0.2, -0.15) is 25.1 Å². The van der Waals surface area contributed by atoms with Crippen molar-refractivity contribution in [3.63, 3.8) is 0 Å². The average Bonchev–Trinajstić information content (AvgIpc) is 2.98. The Labute approximate surface area is 115 Å². The van der Waals surface area contributed by atoms with Gasteiger partial charge in [-0.05, 0) is 28.7 Å². The summed E-state index contributed by atoms with van der Waals surface area (Å²) >= 11 is 2.15. The van der Waals surface area contributed by atoms with E-state index in [2.05, 4.69) is 47.7 Å². The maximum absolute atomic E-state index is 5.66. The molecule has 0 aliphatic carbocycles. The molecular formula is C9H7IN8. The molecule has 0 aliphatic heterocycles. The fourth-order valence-electron chi connectivity index (χ4n) is 1.37. The monoisotopic (exact) mass is 354 g/mol. The minimum absolute atomic E-state index is 0.121. The molecule has 8 nitrogen and oxygen atoms in total. The lowest BCUT2D eigenvalue weighted by atomic mass is 10.7. The van der Waals surface area contributed by atoms with Gasteiger partial charge in [0.25, 0.3) is 11.9 Å². The molecule has 18 heavy (non-hydrogen) atoms. The predicted octanol–water partition coefficient (Wildman–Crippen LogP) is 0.430. The second-order valence-corrected chi connectivity index (χ2v) is 4.59.